The minimum atomic E-state index is -3.63. The van der Waals surface area contributed by atoms with Crippen LogP contribution in [0.4, 0.5) is 5.69 Å². The number of carbonyl (C=O) groups is 1. The van der Waals surface area contributed by atoms with Crippen LogP contribution < -0.4 is 14.9 Å². The lowest BCUT2D eigenvalue weighted by molar-refractivity contribution is -0.123. The zero-order valence-electron chi connectivity index (χ0n) is 18.7. The number of epoxide rings is 1. The highest BCUT2D eigenvalue weighted by Crippen LogP contribution is 2.51. The van der Waals surface area contributed by atoms with Crippen LogP contribution in [0.3, 0.4) is 0 Å². The Hall–Kier alpha value is -1.26. The highest BCUT2D eigenvalue weighted by atomic mass is 32.2. The van der Waals surface area contributed by atoms with E-state index in [9.17, 15) is 13.2 Å². The molecule has 1 aromatic rings. The lowest BCUT2D eigenvalue weighted by Gasteiger charge is -2.29. The van der Waals surface area contributed by atoms with E-state index in [-0.39, 0.29) is 29.4 Å². The molecule has 3 aliphatic rings. The molecule has 30 heavy (non-hydrogen) atoms. The predicted molar refractivity (Wildman–Crippen MR) is 121 cm³/mol. The molecule has 1 amide bonds. The van der Waals surface area contributed by atoms with Gasteiger partial charge in [-0.1, -0.05) is 31.8 Å². The summed E-state index contributed by atoms with van der Waals surface area (Å²) in [7, 11) is -3.45. The lowest BCUT2D eigenvalue weighted by atomic mass is 9.84. The van der Waals surface area contributed by atoms with Crippen molar-refractivity contribution in [3.05, 3.63) is 29.3 Å². The first-order chi connectivity index (χ1) is 13.8. The summed E-state index contributed by atoms with van der Waals surface area (Å²) in [6.07, 6.45) is 0.361. The van der Waals surface area contributed by atoms with Crippen molar-refractivity contribution >= 4 is 29.7 Å². The van der Waals surface area contributed by atoms with Gasteiger partial charge in [0.25, 0.3) is 5.91 Å². The molecule has 7 nitrogen and oxygen atoms in total. The molecule has 4 rings (SSSR count). The van der Waals surface area contributed by atoms with Crippen LogP contribution in [0.25, 0.3) is 0 Å². The van der Waals surface area contributed by atoms with Gasteiger partial charge in [-0.3, -0.25) is 4.79 Å². The minimum absolute atomic E-state index is 0.00990. The summed E-state index contributed by atoms with van der Waals surface area (Å²) in [6.45, 7) is 11.1. The zero-order chi connectivity index (χ0) is 22.1. The van der Waals surface area contributed by atoms with Crippen molar-refractivity contribution in [2.24, 2.45) is 0 Å². The summed E-state index contributed by atoms with van der Waals surface area (Å²) >= 11 is 0. The standard InChI is InChI=1S/C21H33N3O4SSi/c1-20(2)18(28-20)17-14-8-7-9-15-16(14)21(10-11-22-17,19(25)24(15)3)23-29(26,27)12-13-30(4,5)6/h7-9,17-18,22-23H,10-13H2,1-6H3/t17-,18-,21-/m0/s1. The average molecular weight is 452 g/mol. The molecule has 1 saturated heterocycles. The van der Waals surface area contributed by atoms with Gasteiger partial charge in [-0.15, -0.1) is 0 Å². The van der Waals surface area contributed by atoms with Gasteiger partial charge in [0.2, 0.25) is 10.0 Å². The lowest BCUT2D eigenvalue weighted by Crippen LogP contribution is -2.53. The molecule has 0 unspecified atom stereocenters. The number of benzene rings is 1. The number of nitrogens with zero attached hydrogens (tertiary/aromatic N) is 1. The summed E-state index contributed by atoms with van der Waals surface area (Å²) < 4.78 is 35.1. The van der Waals surface area contributed by atoms with Crippen molar-refractivity contribution in [3.63, 3.8) is 0 Å². The molecular formula is C21H33N3O4SSi. The monoisotopic (exact) mass is 451 g/mol. The van der Waals surface area contributed by atoms with Crippen molar-refractivity contribution in [2.45, 2.75) is 69.2 Å². The smallest absolute Gasteiger partial charge is 0.252 e. The normalized spacial score (nSPS) is 30.2. The first-order valence-electron chi connectivity index (χ1n) is 10.6. The van der Waals surface area contributed by atoms with E-state index in [1.807, 2.05) is 18.2 Å². The van der Waals surface area contributed by atoms with Crippen molar-refractivity contribution < 1.29 is 17.9 Å². The van der Waals surface area contributed by atoms with Crippen LogP contribution in [-0.2, 0) is 25.1 Å². The second-order valence-electron chi connectivity index (χ2n) is 10.6. The van der Waals surface area contributed by atoms with Crippen molar-refractivity contribution in [3.8, 4) is 0 Å². The Morgan fingerprint density at radius 1 is 1.30 bits per heavy atom. The minimum Gasteiger partial charge on any atom is -0.365 e. The maximum absolute atomic E-state index is 13.5. The number of amides is 1. The quantitative estimate of drug-likeness (QED) is 0.512. The molecule has 2 N–H and O–H groups in total. The maximum atomic E-state index is 13.5. The van der Waals surface area contributed by atoms with Gasteiger partial charge >= 0.3 is 0 Å². The Balaban J connectivity index is 1.78. The Bertz CT molecular complexity index is 988. The van der Waals surface area contributed by atoms with Gasteiger partial charge in [0, 0.05) is 26.4 Å². The number of rotatable bonds is 6. The SMILES string of the molecule is CN1C(=O)[C@]2(NS(=O)(=O)CC[Si](C)(C)C)CCN[C@H]([C@@H]3OC3(C)C)c3cccc1c32. The molecule has 0 bridgehead atoms. The number of sulfonamides is 1. The fourth-order valence-electron chi connectivity index (χ4n) is 4.76. The van der Waals surface area contributed by atoms with Gasteiger partial charge in [0.15, 0.2) is 0 Å². The summed E-state index contributed by atoms with van der Waals surface area (Å²) in [5, 5.41) is 3.53. The Kier molecular flexibility index (Phi) is 5.02. The van der Waals surface area contributed by atoms with Gasteiger partial charge in [-0.2, -0.15) is 4.72 Å². The van der Waals surface area contributed by atoms with E-state index in [1.54, 1.807) is 11.9 Å². The molecule has 1 fully saturated rings. The molecule has 3 aliphatic heterocycles. The van der Waals surface area contributed by atoms with Crippen LogP contribution in [0.2, 0.25) is 25.7 Å². The molecule has 9 heteroatoms. The number of nitrogens with one attached hydrogen (secondary N) is 2. The van der Waals surface area contributed by atoms with Crippen molar-refractivity contribution in [2.75, 3.05) is 24.2 Å². The largest absolute Gasteiger partial charge is 0.365 e. The molecule has 0 radical (unpaired) electrons. The summed E-state index contributed by atoms with van der Waals surface area (Å²) in [6, 6.07) is 6.40. The highest BCUT2D eigenvalue weighted by Gasteiger charge is 2.59. The molecule has 0 spiro atoms. The number of anilines is 1. The van der Waals surface area contributed by atoms with Crippen LogP contribution in [0.15, 0.2) is 18.2 Å². The predicted octanol–water partition coefficient (Wildman–Crippen LogP) is 2.33. The third-order valence-corrected chi connectivity index (χ3v) is 10.1. The van der Waals surface area contributed by atoms with Gasteiger partial charge in [-0.05, 0) is 44.5 Å². The maximum Gasteiger partial charge on any atom is 0.252 e. The van der Waals surface area contributed by atoms with Gasteiger partial charge < -0.3 is 15.0 Å². The van der Waals surface area contributed by atoms with E-state index in [0.717, 1.165) is 16.8 Å². The third-order valence-electron chi connectivity index (χ3n) is 6.54. The number of carbonyl (C=O) groups excluding carboxylic acids is 1. The Labute approximate surface area is 180 Å². The second kappa shape index (κ2) is 6.87. The van der Waals surface area contributed by atoms with Crippen LogP contribution in [0.1, 0.15) is 37.4 Å². The molecule has 0 saturated carbocycles. The van der Waals surface area contributed by atoms with E-state index in [1.165, 1.54) is 0 Å². The first-order valence-corrected chi connectivity index (χ1v) is 16.0. The van der Waals surface area contributed by atoms with E-state index >= 15 is 0 Å². The number of hydrogen-bond acceptors (Lipinski definition) is 5. The van der Waals surface area contributed by atoms with E-state index < -0.39 is 23.6 Å². The van der Waals surface area contributed by atoms with Gasteiger partial charge in [-0.25, -0.2) is 8.42 Å². The van der Waals surface area contributed by atoms with E-state index in [2.05, 4.69) is 43.5 Å². The molecule has 3 atom stereocenters. The first kappa shape index (κ1) is 21.9. The van der Waals surface area contributed by atoms with Gasteiger partial charge in [0.05, 0.1) is 17.4 Å². The molecule has 166 valence electrons. The molecule has 0 aromatic heterocycles. The topological polar surface area (TPSA) is 91.0 Å². The summed E-state index contributed by atoms with van der Waals surface area (Å²) in [5.74, 6) is -0.158. The highest BCUT2D eigenvalue weighted by molar-refractivity contribution is 7.89. The zero-order valence-corrected chi connectivity index (χ0v) is 20.5. The van der Waals surface area contributed by atoms with Crippen LogP contribution in [0, 0.1) is 0 Å². The Morgan fingerprint density at radius 3 is 2.57 bits per heavy atom. The summed E-state index contributed by atoms with van der Waals surface area (Å²) in [5.41, 5.74) is 1.01. The third kappa shape index (κ3) is 3.64. The number of hydrogen-bond donors (Lipinski definition) is 2. The van der Waals surface area contributed by atoms with Crippen molar-refractivity contribution in [1.82, 2.24) is 10.0 Å². The van der Waals surface area contributed by atoms with Crippen LogP contribution >= 0.6 is 0 Å². The number of likely N-dealkylation sites (N-methyl/N-ethyl adjacent to an activating group) is 1. The molecule has 3 heterocycles. The molecule has 0 aliphatic carbocycles. The van der Waals surface area contributed by atoms with Crippen LogP contribution in [-0.4, -0.2) is 53.4 Å². The molecule has 1 aromatic carbocycles. The Morgan fingerprint density at radius 2 is 1.97 bits per heavy atom. The fraction of sp³-hybridized carbons (Fsp3) is 0.667. The average Bonchev–Trinajstić information content (AvgIpc) is 3.26. The summed E-state index contributed by atoms with van der Waals surface area (Å²) in [4.78, 5) is 15.1. The van der Waals surface area contributed by atoms with E-state index in [4.69, 9.17) is 4.74 Å². The number of ether oxygens (including phenoxy) is 1. The van der Waals surface area contributed by atoms with E-state index in [0.29, 0.717) is 19.0 Å². The fourth-order valence-corrected chi connectivity index (χ4v) is 9.21. The van der Waals surface area contributed by atoms with Gasteiger partial charge in [0.1, 0.15) is 11.6 Å². The van der Waals surface area contributed by atoms with Crippen molar-refractivity contribution in [1.29, 1.82) is 0 Å². The van der Waals surface area contributed by atoms with Crippen LogP contribution in [0.5, 0.6) is 0 Å². The second-order valence-corrected chi connectivity index (χ2v) is 18.0. The molecular weight excluding hydrogens is 418 g/mol.